The molecule has 0 atom stereocenters. The lowest BCUT2D eigenvalue weighted by Gasteiger charge is -2.14. The number of hydrogen-bond donors (Lipinski definition) is 0. The Hall–Kier alpha value is -3.28. The first kappa shape index (κ1) is 18.5. The summed E-state index contributed by atoms with van der Waals surface area (Å²) in [5.41, 5.74) is 3.43. The third kappa shape index (κ3) is 3.95. The molecule has 0 radical (unpaired) electrons. The molecule has 0 fully saturated rings. The highest BCUT2D eigenvalue weighted by Gasteiger charge is 2.15. The minimum Gasteiger partial charge on any atom is -0.493 e. The average molecular weight is 366 g/mol. The van der Waals surface area contributed by atoms with E-state index < -0.39 is 0 Å². The molecule has 0 saturated carbocycles. The standard InChI is InChI=1S/C21H22N2O4/c1-14-5-7-15(8-6-14)13-23-20(24)10-9-17(22-23)16-11-18(25-2)21(27-4)19(12-16)26-3/h5-12H,13H2,1-4H3. The van der Waals surface area contributed by atoms with Crippen LogP contribution in [0.25, 0.3) is 11.3 Å². The number of aryl methyl sites for hydroxylation is 1. The van der Waals surface area contributed by atoms with E-state index in [0.29, 0.717) is 29.5 Å². The predicted molar refractivity (Wildman–Crippen MR) is 104 cm³/mol. The van der Waals surface area contributed by atoms with Crippen LogP contribution in [-0.4, -0.2) is 31.1 Å². The van der Waals surface area contributed by atoms with Crippen LogP contribution >= 0.6 is 0 Å². The zero-order chi connectivity index (χ0) is 19.4. The molecule has 0 amide bonds. The molecule has 1 aromatic heterocycles. The fourth-order valence-corrected chi connectivity index (χ4v) is 2.81. The lowest BCUT2D eigenvalue weighted by molar-refractivity contribution is 0.324. The summed E-state index contributed by atoms with van der Waals surface area (Å²) in [6.07, 6.45) is 0. The van der Waals surface area contributed by atoms with Gasteiger partial charge in [0.15, 0.2) is 11.5 Å². The van der Waals surface area contributed by atoms with E-state index in [-0.39, 0.29) is 5.56 Å². The van der Waals surface area contributed by atoms with Crippen LogP contribution in [0.4, 0.5) is 0 Å². The molecule has 0 N–H and O–H groups in total. The van der Waals surface area contributed by atoms with Gasteiger partial charge in [-0.05, 0) is 30.7 Å². The highest BCUT2D eigenvalue weighted by molar-refractivity contribution is 5.68. The van der Waals surface area contributed by atoms with Crippen molar-refractivity contribution < 1.29 is 14.2 Å². The smallest absolute Gasteiger partial charge is 0.267 e. The van der Waals surface area contributed by atoms with Crippen LogP contribution in [0.15, 0.2) is 53.3 Å². The van der Waals surface area contributed by atoms with Crippen molar-refractivity contribution in [2.45, 2.75) is 13.5 Å². The molecule has 3 rings (SSSR count). The lowest BCUT2D eigenvalue weighted by Crippen LogP contribution is -2.22. The second-order valence-corrected chi connectivity index (χ2v) is 6.11. The van der Waals surface area contributed by atoms with Crippen molar-refractivity contribution >= 4 is 0 Å². The molecular formula is C21H22N2O4. The number of methoxy groups -OCH3 is 3. The van der Waals surface area contributed by atoms with Gasteiger partial charge in [0, 0.05) is 11.6 Å². The van der Waals surface area contributed by atoms with E-state index in [0.717, 1.165) is 11.1 Å². The van der Waals surface area contributed by atoms with Gasteiger partial charge in [-0.3, -0.25) is 4.79 Å². The van der Waals surface area contributed by atoms with Crippen molar-refractivity contribution in [3.8, 4) is 28.5 Å². The number of nitrogens with zero attached hydrogens (tertiary/aromatic N) is 2. The lowest BCUT2D eigenvalue weighted by atomic mass is 10.1. The number of hydrogen-bond acceptors (Lipinski definition) is 5. The first-order valence-electron chi connectivity index (χ1n) is 8.49. The van der Waals surface area contributed by atoms with Crippen LogP contribution in [0, 0.1) is 6.92 Å². The van der Waals surface area contributed by atoms with E-state index in [1.54, 1.807) is 27.4 Å². The summed E-state index contributed by atoms with van der Waals surface area (Å²) in [6.45, 7) is 2.43. The van der Waals surface area contributed by atoms with Crippen LogP contribution < -0.4 is 19.8 Å². The second-order valence-electron chi connectivity index (χ2n) is 6.11. The third-order valence-corrected chi connectivity index (χ3v) is 4.28. The third-order valence-electron chi connectivity index (χ3n) is 4.28. The molecule has 2 aromatic carbocycles. The summed E-state index contributed by atoms with van der Waals surface area (Å²) in [7, 11) is 4.68. The van der Waals surface area contributed by atoms with Crippen molar-refractivity contribution in [1.29, 1.82) is 0 Å². The van der Waals surface area contributed by atoms with Crippen molar-refractivity contribution in [2.75, 3.05) is 21.3 Å². The van der Waals surface area contributed by atoms with Gasteiger partial charge < -0.3 is 14.2 Å². The summed E-state index contributed by atoms with van der Waals surface area (Å²) in [4.78, 5) is 12.3. The van der Waals surface area contributed by atoms with Crippen LogP contribution in [0.2, 0.25) is 0 Å². The molecule has 0 aliphatic carbocycles. The first-order chi connectivity index (χ1) is 13.0. The van der Waals surface area contributed by atoms with Crippen molar-refractivity contribution in [3.05, 3.63) is 70.0 Å². The van der Waals surface area contributed by atoms with Gasteiger partial charge >= 0.3 is 0 Å². The number of ether oxygens (including phenoxy) is 3. The Kier molecular flexibility index (Phi) is 5.45. The minimum absolute atomic E-state index is 0.160. The second kappa shape index (κ2) is 7.95. The van der Waals surface area contributed by atoms with Crippen LogP contribution in [0.3, 0.4) is 0 Å². The number of benzene rings is 2. The molecule has 0 bridgehead atoms. The largest absolute Gasteiger partial charge is 0.493 e. The maximum atomic E-state index is 12.3. The Labute approximate surface area is 157 Å². The average Bonchev–Trinajstić information content (AvgIpc) is 2.70. The van der Waals surface area contributed by atoms with Gasteiger partial charge in [-0.2, -0.15) is 5.10 Å². The van der Waals surface area contributed by atoms with Gasteiger partial charge in [-0.1, -0.05) is 29.8 Å². The fourth-order valence-electron chi connectivity index (χ4n) is 2.81. The maximum Gasteiger partial charge on any atom is 0.267 e. The summed E-state index contributed by atoms with van der Waals surface area (Å²) in [6, 6.07) is 14.8. The normalized spacial score (nSPS) is 10.5. The van der Waals surface area contributed by atoms with Crippen molar-refractivity contribution in [1.82, 2.24) is 9.78 Å². The van der Waals surface area contributed by atoms with Crippen molar-refractivity contribution in [3.63, 3.8) is 0 Å². The van der Waals surface area contributed by atoms with E-state index in [1.165, 1.54) is 16.3 Å². The number of rotatable bonds is 6. The monoisotopic (exact) mass is 366 g/mol. The zero-order valence-corrected chi connectivity index (χ0v) is 15.9. The van der Waals surface area contributed by atoms with E-state index in [4.69, 9.17) is 14.2 Å². The van der Waals surface area contributed by atoms with Gasteiger partial charge in [0.05, 0.1) is 33.6 Å². The highest BCUT2D eigenvalue weighted by Crippen LogP contribution is 2.40. The maximum absolute atomic E-state index is 12.3. The minimum atomic E-state index is -0.160. The molecular weight excluding hydrogens is 344 g/mol. The molecule has 0 aliphatic rings. The van der Waals surface area contributed by atoms with Gasteiger partial charge in [0.2, 0.25) is 5.75 Å². The fraction of sp³-hybridized carbons (Fsp3) is 0.238. The van der Waals surface area contributed by atoms with E-state index >= 15 is 0 Å². The molecule has 0 spiro atoms. The van der Waals surface area contributed by atoms with Crippen LogP contribution in [0.5, 0.6) is 17.2 Å². The van der Waals surface area contributed by atoms with E-state index in [9.17, 15) is 4.79 Å². The molecule has 3 aromatic rings. The SMILES string of the molecule is COc1cc(-c2ccc(=O)n(Cc3ccc(C)cc3)n2)cc(OC)c1OC. The van der Waals surface area contributed by atoms with Crippen LogP contribution in [-0.2, 0) is 6.54 Å². The van der Waals surface area contributed by atoms with Gasteiger partial charge in [0.1, 0.15) is 0 Å². The van der Waals surface area contributed by atoms with Crippen molar-refractivity contribution in [2.24, 2.45) is 0 Å². The Bertz CT molecular complexity index is 969. The molecule has 0 saturated heterocycles. The Balaban J connectivity index is 2.03. The number of aromatic nitrogens is 2. The van der Waals surface area contributed by atoms with Gasteiger partial charge in [0.25, 0.3) is 5.56 Å². The van der Waals surface area contributed by atoms with E-state index in [1.807, 2.05) is 43.3 Å². The van der Waals surface area contributed by atoms with Gasteiger partial charge in [-0.25, -0.2) is 4.68 Å². The molecule has 6 heteroatoms. The Morgan fingerprint density at radius 3 is 2.07 bits per heavy atom. The first-order valence-corrected chi connectivity index (χ1v) is 8.49. The predicted octanol–water partition coefficient (Wildman–Crippen LogP) is 3.29. The van der Waals surface area contributed by atoms with Gasteiger partial charge in [-0.15, -0.1) is 0 Å². The molecule has 0 unspecified atom stereocenters. The Morgan fingerprint density at radius 2 is 1.52 bits per heavy atom. The topological polar surface area (TPSA) is 62.6 Å². The van der Waals surface area contributed by atoms with E-state index in [2.05, 4.69) is 5.10 Å². The Morgan fingerprint density at radius 1 is 0.889 bits per heavy atom. The quantitative estimate of drug-likeness (QED) is 0.670. The zero-order valence-electron chi connectivity index (χ0n) is 15.9. The summed E-state index contributed by atoms with van der Waals surface area (Å²) in [5.74, 6) is 1.58. The summed E-state index contributed by atoms with van der Waals surface area (Å²) >= 11 is 0. The molecule has 1 heterocycles. The molecule has 140 valence electrons. The molecule has 6 nitrogen and oxygen atoms in total. The van der Waals surface area contributed by atoms with Crippen LogP contribution in [0.1, 0.15) is 11.1 Å². The molecule has 27 heavy (non-hydrogen) atoms. The highest BCUT2D eigenvalue weighted by atomic mass is 16.5. The molecule has 0 aliphatic heterocycles. The summed E-state index contributed by atoms with van der Waals surface area (Å²) < 4.78 is 17.6. The summed E-state index contributed by atoms with van der Waals surface area (Å²) in [5, 5.41) is 4.52.